The summed E-state index contributed by atoms with van der Waals surface area (Å²) in [6.45, 7) is 4.00. The van der Waals surface area contributed by atoms with Crippen molar-refractivity contribution in [1.29, 1.82) is 0 Å². The van der Waals surface area contributed by atoms with Crippen molar-refractivity contribution < 1.29 is 26.2 Å². The maximum atomic E-state index is 4.53. The van der Waals surface area contributed by atoms with Crippen LogP contribution in [0.1, 0.15) is 13.8 Å². The average molecular weight is 308 g/mol. The van der Waals surface area contributed by atoms with E-state index in [0.29, 0.717) is 0 Å². The molecule has 2 aromatic rings. The molecule has 2 aromatic carbocycles. The van der Waals surface area contributed by atoms with E-state index in [2.05, 4.69) is 6.17 Å². The first kappa shape index (κ1) is 21.0. The molecule has 2 heteroatoms. The summed E-state index contributed by atoms with van der Waals surface area (Å²) < 4.78 is 0. The van der Waals surface area contributed by atoms with E-state index in [0.717, 1.165) is 0 Å². The molecular weight excluding hydrogens is 287 g/mol. The van der Waals surface area contributed by atoms with Crippen molar-refractivity contribution in [2.24, 2.45) is 0 Å². The number of rotatable bonds is 0. The molecule has 0 heterocycles. The third-order valence-corrected chi connectivity index (χ3v) is 1.11. The van der Waals surface area contributed by atoms with E-state index in [1.165, 1.54) is 9.85 Å². The monoisotopic (exact) mass is 306 g/mol. The summed E-state index contributed by atoms with van der Waals surface area (Å²) in [4.78, 5) is 0. The van der Waals surface area contributed by atoms with Gasteiger partial charge in [0.2, 0.25) is 0 Å². The van der Waals surface area contributed by atoms with Gasteiger partial charge in [-0.1, -0.05) is 0 Å². The Hall–Kier alpha value is -0.330. The van der Waals surface area contributed by atoms with Crippen LogP contribution in [0.25, 0.3) is 0 Å². The van der Waals surface area contributed by atoms with Crippen LogP contribution >= 0.6 is 0 Å². The van der Waals surface area contributed by atoms with Gasteiger partial charge >= 0.3 is 26.2 Å². The van der Waals surface area contributed by atoms with E-state index >= 15 is 0 Å². The van der Waals surface area contributed by atoms with E-state index in [1.54, 1.807) is 0 Å². The van der Waals surface area contributed by atoms with Gasteiger partial charge in [0.25, 0.3) is 0 Å². The summed E-state index contributed by atoms with van der Waals surface area (Å²) in [5.41, 5.74) is 0. The average Bonchev–Trinajstić information content (AvgIpc) is 3.01. The molecule has 0 aliphatic heterocycles. The van der Waals surface area contributed by atoms with Crippen LogP contribution in [0.3, 0.4) is 0 Å². The summed E-state index contributed by atoms with van der Waals surface area (Å²) in [5.74, 6) is 0. The third kappa shape index (κ3) is 23.5. The Kier molecular flexibility index (Phi) is 31.6. The van der Waals surface area contributed by atoms with Crippen LogP contribution in [-0.4, -0.2) is 16.0 Å². The van der Waals surface area contributed by atoms with Crippen LogP contribution in [0.4, 0.5) is 0 Å². The Balaban J connectivity index is -0.000000147. The molecule has 0 saturated heterocycles. The van der Waals surface area contributed by atoms with Crippen molar-refractivity contribution >= 4 is 16.0 Å². The van der Waals surface area contributed by atoms with Gasteiger partial charge in [0, 0.05) is 0 Å². The molecule has 0 atom stereocenters. The number of hydrogen-bond donors (Lipinski definition) is 0. The summed E-state index contributed by atoms with van der Waals surface area (Å²) >= 11 is 0. The Labute approximate surface area is 123 Å². The summed E-state index contributed by atoms with van der Waals surface area (Å²) in [6.07, 6.45) is 6.53. The summed E-state index contributed by atoms with van der Waals surface area (Å²) in [5, 5.41) is 0. The van der Waals surface area contributed by atoms with Crippen molar-refractivity contribution in [1.82, 2.24) is 0 Å². The van der Waals surface area contributed by atoms with Crippen molar-refractivity contribution in [3.8, 4) is 0 Å². The molecule has 0 bridgehead atoms. The van der Waals surface area contributed by atoms with E-state index in [9.17, 15) is 0 Å². The van der Waals surface area contributed by atoms with Crippen molar-refractivity contribution in [3.63, 3.8) is 0 Å². The Morgan fingerprint density at radius 3 is 1.06 bits per heavy atom. The first-order valence-electron chi connectivity index (χ1n) is 4.90. The smallest absolute Gasteiger partial charge is 0.533 e. The first-order valence-corrected chi connectivity index (χ1v) is 5.71. The zero-order valence-corrected chi connectivity index (χ0v) is 14.0. The fourth-order valence-electron chi connectivity index (χ4n) is 0.642. The summed E-state index contributed by atoms with van der Waals surface area (Å²) in [7, 11) is 1.36. The topological polar surface area (TPSA) is 0 Å². The van der Waals surface area contributed by atoms with Crippen LogP contribution in [0, 0.1) is 6.42 Å². The second-order valence-corrected chi connectivity index (χ2v) is 2.50. The van der Waals surface area contributed by atoms with Crippen LogP contribution in [0.15, 0.2) is 60.7 Å². The molecule has 0 amide bonds. The minimum atomic E-state index is 0. The molecule has 0 N–H and O–H groups in total. The summed E-state index contributed by atoms with van der Waals surface area (Å²) in [6, 6.07) is 20.0. The van der Waals surface area contributed by atoms with Crippen molar-refractivity contribution in [3.05, 3.63) is 67.1 Å². The second-order valence-electron chi connectivity index (χ2n) is 2.50. The zero-order chi connectivity index (χ0) is 11.8. The molecule has 0 radical (unpaired) electrons. The largest absolute Gasteiger partial charge is 4.00 e. The SMILES string of the molecule is C[CH-]C.[CH-]=[SiH2].[Zr+4].c1cc[cH-]c1.c1cc[cH-]c1. The molecule has 0 aliphatic rings. The zero-order valence-electron chi connectivity index (χ0n) is 10.1. The van der Waals surface area contributed by atoms with E-state index in [-0.39, 0.29) is 26.2 Å². The molecule has 0 fully saturated rings. The quantitative estimate of drug-likeness (QED) is 0.518. The van der Waals surface area contributed by atoms with Gasteiger partial charge in [-0.3, -0.25) is 0 Å². The van der Waals surface area contributed by atoms with Crippen LogP contribution in [-0.2, 0) is 26.2 Å². The molecular formula is C14H20SiZr. The molecule has 0 unspecified atom stereocenters. The van der Waals surface area contributed by atoms with E-state index < -0.39 is 0 Å². The van der Waals surface area contributed by atoms with Gasteiger partial charge in [-0.25, -0.2) is 34.1 Å². The van der Waals surface area contributed by atoms with Crippen molar-refractivity contribution in [2.45, 2.75) is 13.8 Å². The van der Waals surface area contributed by atoms with Gasteiger partial charge in [0.1, 0.15) is 0 Å². The second kappa shape index (κ2) is 24.1. The van der Waals surface area contributed by atoms with Crippen LogP contribution < -0.4 is 0 Å². The van der Waals surface area contributed by atoms with E-state index in [1.807, 2.05) is 80.9 Å². The third-order valence-electron chi connectivity index (χ3n) is 1.11. The van der Waals surface area contributed by atoms with Gasteiger partial charge in [0.05, 0.1) is 0 Å². The van der Waals surface area contributed by atoms with Gasteiger partial charge in [-0.15, -0.1) is 0 Å². The predicted molar refractivity (Wildman–Crippen MR) is 74.3 cm³/mol. The Morgan fingerprint density at radius 2 is 1.00 bits per heavy atom. The predicted octanol–water partition coefficient (Wildman–Crippen LogP) is 2.97. The molecule has 16 heavy (non-hydrogen) atoms. The fraction of sp³-hybridized carbons (Fsp3) is 0.143. The minimum absolute atomic E-state index is 0. The van der Waals surface area contributed by atoms with Gasteiger partial charge < -0.3 is 12.6 Å². The number of hydrogen-bond acceptors (Lipinski definition) is 0. The van der Waals surface area contributed by atoms with Crippen LogP contribution in [0.2, 0.25) is 0 Å². The Morgan fingerprint density at radius 1 is 0.812 bits per heavy atom. The molecule has 0 aromatic heterocycles. The molecule has 2 rings (SSSR count). The minimum Gasteiger partial charge on any atom is -0.533 e. The normalized spacial score (nSPS) is 6.38. The van der Waals surface area contributed by atoms with Gasteiger partial charge in [-0.2, -0.15) is 50.2 Å². The first-order chi connectivity index (χ1) is 7.41. The molecule has 0 aliphatic carbocycles. The van der Waals surface area contributed by atoms with Gasteiger partial charge in [0.15, 0.2) is 0 Å². The molecule has 0 spiro atoms. The van der Waals surface area contributed by atoms with Crippen LogP contribution in [0.5, 0.6) is 0 Å². The molecule has 0 saturated carbocycles. The fourth-order valence-corrected chi connectivity index (χ4v) is 0.642. The van der Waals surface area contributed by atoms with Gasteiger partial charge in [-0.05, 0) is 0 Å². The standard InChI is InChI=1S/2C5H5.C3H7.CH3Si.Zr/c2*1-2-4-5-3-1;1-3-2;1-2;/h2*1-5H;3H,1-2H3;1H,2H2;/q4*-1;+4. The maximum absolute atomic E-state index is 4.53. The van der Waals surface area contributed by atoms with E-state index in [4.69, 9.17) is 0 Å². The maximum Gasteiger partial charge on any atom is 4.00 e. The molecule has 0 nitrogen and oxygen atoms in total. The Bertz CT molecular complexity index is 175. The molecule has 84 valence electrons. The van der Waals surface area contributed by atoms with Crippen molar-refractivity contribution in [2.75, 3.05) is 0 Å².